The van der Waals surface area contributed by atoms with Gasteiger partial charge in [0.1, 0.15) is 18.5 Å². The van der Waals surface area contributed by atoms with Gasteiger partial charge in [0.25, 0.3) is 0 Å². The number of aliphatic hydroxyl groups is 1. The van der Waals surface area contributed by atoms with Gasteiger partial charge in [-0.2, -0.15) is 0 Å². The Kier molecular flexibility index (Phi) is 4.92. The van der Waals surface area contributed by atoms with Crippen molar-refractivity contribution in [1.29, 1.82) is 0 Å². The number of fused-ring (bicyclic) bond motifs is 1. The molecule has 1 aromatic carbocycles. The molecule has 140 valence electrons. The molecule has 2 saturated heterocycles. The molecule has 2 aliphatic heterocycles. The number of ether oxygens (including phenoxy) is 4. The Morgan fingerprint density at radius 2 is 2.15 bits per heavy atom. The number of hydrogen-bond donors (Lipinski definition) is 1. The maximum absolute atomic E-state index is 11.5. The number of benzene rings is 1. The van der Waals surface area contributed by atoms with Gasteiger partial charge in [-0.1, -0.05) is 23.7 Å². The van der Waals surface area contributed by atoms with Crippen molar-refractivity contribution in [3.8, 4) is 5.75 Å². The van der Waals surface area contributed by atoms with E-state index in [0.717, 1.165) is 0 Å². The molecular formula is C19H21ClO6. The molecule has 6 nitrogen and oxygen atoms in total. The summed E-state index contributed by atoms with van der Waals surface area (Å²) in [7, 11) is 0. The summed E-state index contributed by atoms with van der Waals surface area (Å²) in [6.07, 6.45) is 3.75. The lowest BCUT2D eigenvalue weighted by Gasteiger charge is -2.25. The maximum atomic E-state index is 11.5. The van der Waals surface area contributed by atoms with Crippen LogP contribution in [0.4, 0.5) is 0 Å². The normalized spacial score (nSPS) is 32.8. The average Bonchev–Trinajstić information content (AvgIpc) is 3.27. The lowest BCUT2D eigenvalue weighted by Crippen LogP contribution is -2.35. The lowest BCUT2D eigenvalue weighted by molar-refractivity contribution is -0.141. The molecular weight excluding hydrogens is 360 g/mol. The van der Waals surface area contributed by atoms with Crippen molar-refractivity contribution in [2.45, 2.75) is 30.8 Å². The van der Waals surface area contributed by atoms with Crippen molar-refractivity contribution in [3.05, 3.63) is 41.4 Å². The van der Waals surface area contributed by atoms with Crippen LogP contribution >= 0.6 is 11.6 Å². The molecule has 0 amide bonds. The van der Waals surface area contributed by atoms with Crippen LogP contribution < -0.4 is 4.74 Å². The summed E-state index contributed by atoms with van der Waals surface area (Å²) in [5.41, 5.74) is 0. The van der Waals surface area contributed by atoms with Gasteiger partial charge in [0.05, 0.1) is 25.7 Å². The molecule has 0 aromatic heterocycles. The number of carbonyl (C=O) groups excluding carboxylic acids is 1. The van der Waals surface area contributed by atoms with Gasteiger partial charge in [-0.3, -0.25) is 4.79 Å². The fourth-order valence-corrected chi connectivity index (χ4v) is 4.06. The van der Waals surface area contributed by atoms with E-state index in [2.05, 4.69) is 0 Å². The van der Waals surface area contributed by atoms with Gasteiger partial charge < -0.3 is 24.1 Å². The van der Waals surface area contributed by atoms with Crippen LogP contribution in [0.2, 0.25) is 5.02 Å². The maximum Gasteiger partial charge on any atom is 0.306 e. The van der Waals surface area contributed by atoms with Gasteiger partial charge >= 0.3 is 5.97 Å². The van der Waals surface area contributed by atoms with Gasteiger partial charge in [-0.05, 0) is 24.3 Å². The summed E-state index contributed by atoms with van der Waals surface area (Å²) >= 11 is 5.98. The van der Waals surface area contributed by atoms with Crippen LogP contribution in [-0.2, 0) is 19.0 Å². The van der Waals surface area contributed by atoms with E-state index < -0.39 is 11.9 Å². The van der Waals surface area contributed by atoms with Crippen molar-refractivity contribution in [2.75, 3.05) is 19.8 Å². The van der Waals surface area contributed by atoms with E-state index in [9.17, 15) is 9.90 Å². The minimum atomic E-state index is -1.01. The van der Waals surface area contributed by atoms with Crippen LogP contribution in [0.1, 0.15) is 12.8 Å². The molecule has 3 fully saturated rings. The second-order valence-electron chi connectivity index (χ2n) is 6.89. The molecule has 4 atom stereocenters. The van der Waals surface area contributed by atoms with Crippen molar-refractivity contribution in [1.82, 2.24) is 0 Å². The molecule has 1 saturated carbocycles. The Hall–Kier alpha value is -1.60. The van der Waals surface area contributed by atoms with Crippen molar-refractivity contribution in [2.24, 2.45) is 11.8 Å². The second-order valence-corrected chi connectivity index (χ2v) is 7.33. The highest BCUT2D eigenvalue weighted by molar-refractivity contribution is 6.30. The van der Waals surface area contributed by atoms with E-state index in [1.807, 2.05) is 18.2 Å². The number of hydrogen-bond acceptors (Lipinski definition) is 6. The molecule has 1 aliphatic carbocycles. The van der Waals surface area contributed by atoms with Crippen LogP contribution in [0.25, 0.3) is 0 Å². The van der Waals surface area contributed by atoms with Crippen LogP contribution in [0.15, 0.2) is 36.4 Å². The van der Waals surface area contributed by atoms with Crippen molar-refractivity contribution < 1.29 is 28.8 Å². The largest absolute Gasteiger partial charge is 0.488 e. The zero-order valence-corrected chi connectivity index (χ0v) is 14.9. The first-order chi connectivity index (χ1) is 12.5. The second kappa shape index (κ2) is 7.19. The van der Waals surface area contributed by atoms with Crippen LogP contribution in [-0.4, -0.2) is 48.9 Å². The standard InChI is InChI=1S/C19H21ClO6/c20-12-2-1-3-13(8-12)23-11-19(24-6-7-25-19)5-4-14-15-9-18(22)26-17(15)10-16(14)21/h1-5,8,14-17,21H,6-7,9-11H2/b5-4+/t14-,15-,16-,17+/m1/s1. The number of esters is 1. The monoisotopic (exact) mass is 380 g/mol. The SMILES string of the molecule is O=C1C[C@@H]2[C@@H](/C=C/C3(COc4cccc(Cl)c4)OCCO3)[C@H](O)C[C@@H]2O1. The minimum Gasteiger partial charge on any atom is -0.488 e. The van der Waals surface area contributed by atoms with Gasteiger partial charge in [0, 0.05) is 23.3 Å². The lowest BCUT2D eigenvalue weighted by atomic mass is 9.91. The zero-order valence-electron chi connectivity index (χ0n) is 14.2. The third-order valence-corrected chi connectivity index (χ3v) is 5.39. The van der Waals surface area contributed by atoms with E-state index in [0.29, 0.717) is 36.8 Å². The van der Waals surface area contributed by atoms with E-state index in [-0.39, 0.29) is 30.5 Å². The summed E-state index contributed by atoms with van der Waals surface area (Å²) in [5, 5.41) is 10.9. The molecule has 4 rings (SSSR count). The Morgan fingerprint density at radius 1 is 1.35 bits per heavy atom. The number of carbonyl (C=O) groups is 1. The summed E-state index contributed by atoms with van der Waals surface area (Å²) in [6.45, 7) is 1.09. The van der Waals surface area contributed by atoms with E-state index in [1.54, 1.807) is 18.2 Å². The van der Waals surface area contributed by atoms with Crippen LogP contribution in [0.3, 0.4) is 0 Å². The molecule has 1 aromatic rings. The summed E-state index contributed by atoms with van der Waals surface area (Å²) in [5.74, 6) is -0.745. The Balaban J connectivity index is 1.46. The average molecular weight is 381 g/mol. The Morgan fingerprint density at radius 3 is 2.92 bits per heavy atom. The molecule has 7 heteroatoms. The summed E-state index contributed by atoms with van der Waals surface area (Å²) in [6, 6.07) is 7.12. The predicted octanol–water partition coefficient (Wildman–Crippen LogP) is 2.33. The molecule has 0 bridgehead atoms. The van der Waals surface area contributed by atoms with Gasteiger partial charge in [0.15, 0.2) is 0 Å². The predicted molar refractivity (Wildman–Crippen MR) is 92.8 cm³/mol. The van der Waals surface area contributed by atoms with Crippen LogP contribution in [0.5, 0.6) is 5.75 Å². The van der Waals surface area contributed by atoms with Crippen LogP contribution in [0, 0.1) is 11.8 Å². The highest BCUT2D eigenvalue weighted by Gasteiger charge is 2.49. The Labute approximate surface area is 156 Å². The molecule has 0 spiro atoms. The molecule has 3 aliphatic rings. The number of aliphatic hydroxyl groups excluding tert-OH is 1. The smallest absolute Gasteiger partial charge is 0.306 e. The van der Waals surface area contributed by atoms with Gasteiger partial charge in [-0.15, -0.1) is 0 Å². The highest BCUT2D eigenvalue weighted by atomic mass is 35.5. The Bertz CT molecular complexity index is 699. The van der Waals surface area contributed by atoms with E-state index in [1.165, 1.54) is 0 Å². The quantitative estimate of drug-likeness (QED) is 0.624. The first-order valence-electron chi connectivity index (χ1n) is 8.78. The molecule has 0 radical (unpaired) electrons. The fraction of sp³-hybridized carbons (Fsp3) is 0.526. The minimum absolute atomic E-state index is 0.000973. The zero-order chi connectivity index (χ0) is 18.1. The van der Waals surface area contributed by atoms with E-state index in [4.69, 9.17) is 30.5 Å². The molecule has 2 heterocycles. The van der Waals surface area contributed by atoms with Gasteiger partial charge in [0.2, 0.25) is 5.79 Å². The van der Waals surface area contributed by atoms with Gasteiger partial charge in [-0.25, -0.2) is 0 Å². The number of rotatable bonds is 5. The highest BCUT2D eigenvalue weighted by Crippen LogP contribution is 2.42. The van der Waals surface area contributed by atoms with Crippen molar-refractivity contribution in [3.63, 3.8) is 0 Å². The summed E-state index contributed by atoms with van der Waals surface area (Å²) < 4.78 is 22.6. The third-order valence-electron chi connectivity index (χ3n) is 5.16. The summed E-state index contributed by atoms with van der Waals surface area (Å²) in [4.78, 5) is 11.5. The first-order valence-corrected chi connectivity index (χ1v) is 9.16. The first kappa shape index (κ1) is 17.8. The molecule has 26 heavy (non-hydrogen) atoms. The topological polar surface area (TPSA) is 74.2 Å². The molecule has 0 unspecified atom stereocenters. The van der Waals surface area contributed by atoms with Crippen molar-refractivity contribution >= 4 is 17.6 Å². The molecule has 1 N–H and O–H groups in total. The fourth-order valence-electron chi connectivity index (χ4n) is 3.88. The van der Waals surface area contributed by atoms with E-state index >= 15 is 0 Å². The third kappa shape index (κ3) is 3.60. The number of halogens is 1.